The van der Waals surface area contributed by atoms with Crippen molar-refractivity contribution in [3.8, 4) is 11.5 Å². The lowest BCUT2D eigenvalue weighted by atomic mass is 10.2. The van der Waals surface area contributed by atoms with Crippen molar-refractivity contribution in [2.75, 3.05) is 18.9 Å². The lowest BCUT2D eigenvalue weighted by Crippen LogP contribution is -2.44. The van der Waals surface area contributed by atoms with E-state index < -0.39 is 6.10 Å². The molecule has 0 spiro atoms. The van der Waals surface area contributed by atoms with Crippen molar-refractivity contribution >= 4 is 22.6 Å². The summed E-state index contributed by atoms with van der Waals surface area (Å²) in [6.07, 6.45) is -0.0359. The summed E-state index contributed by atoms with van der Waals surface area (Å²) < 4.78 is 13.3. The zero-order valence-corrected chi connectivity index (χ0v) is 14.4. The molecule has 2 aromatic carbocycles. The third kappa shape index (κ3) is 3.03. The van der Waals surface area contributed by atoms with E-state index in [1.807, 2.05) is 48.0 Å². The Bertz CT molecular complexity index is 967. The SMILES string of the molecule is Cn1c(CCNC(=O)[C@@H]2COc3ccccc3O2)nc2cc(N)ccc21. The van der Waals surface area contributed by atoms with E-state index >= 15 is 0 Å². The van der Waals surface area contributed by atoms with E-state index in [9.17, 15) is 4.79 Å². The van der Waals surface area contributed by atoms with Gasteiger partial charge in [0.1, 0.15) is 12.4 Å². The van der Waals surface area contributed by atoms with Crippen molar-refractivity contribution in [1.29, 1.82) is 0 Å². The standard InChI is InChI=1S/C19H20N4O3/c1-23-14-7-6-12(20)10-13(14)22-18(23)8-9-21-19(24)17-11-25-15-4-2-3-5-16(15)26-17/h2-7,10,17H,8-9,11,20H2,1H3,(H,21,24)/t17-/m0/s1. The number of hydrogen-bond acceptors (Lipinski definition) is 5. The zero-order chi connectivity index (χ0) is 18.1. The van der Waals surface area contributed by atoms with E-state index in [0.717, 1.165) is 16.9 Å². The van der Waals surface area contributed by atoms with Gasteiger partial charge in [0.15, 0.2) is 11.5 Å². The van der Waals surface area contributed by atoms with Gasteiger partial charge in [0, 0.05) is 25.7 Å². The van der Waals surface area contributed by atoms with Crippen molar-refractivity contribution < 1.29 is 14.3 Å². The van der Waals surface area contributed by atoms with Gasteiger partial charge in [0.05, 0.1) is 11.0 Å². The number of carbonyl (C=O) groups excluding carboxylic acids is 1. The quantitative estimate of drug-likeness (QED) is 0.697. The number of fused-ring (bicyclic) bond motifs is 2. The summed E-state index contributed by atoms with van der Waals surface area (Å²) >= 11 is 0. The van der Waals surface area contributed by atoms with E-state index in [1.54, 1.807) is 6.07 Å². The van der Waals surface area contributed by atoms with Gasteiger partial charge in [0.2, 0.25) is 6.10 Å². The summed E-state index contributed by atoms with van der Waals surface area (Å²) in [5.41, 5.74) is 8.36. The molecule has 0 fully saturated rings. The first-order valence-corrected chi connectivity index (χ1v) is 8.49. The molecule has 0 saturated carbocycles. The number of hydrogen-bond donors (Lipinski definition) is 2. The lowest BCUT2D eigenvalue weighted by molar-refractivity contribution is -0.130. The number of aryl methyl sites for hydroxylation is 1. The van der Waals surface area contributed by atoms with Crippen LogP contribution in [0.4, 0.5) is 5.69 Å². The van der Waals surface area contributed by atoms with Crippen molar-refractivity contribution in [3.63, 3.8) is 0 Å². The summed E-state index contributed by atoms with van der Waals surface area (Å²) in [6, 6.07) is 13.0. The molecule has 2 heterocycles. The molecule has 0 radical (unpaired) electrons. The topological polar surface area (TPSA) is 91.4 Å². The van der Waals surface area contributed by atoms with Crippen LogP contribution in [0.5, 0.6) is 11.5 Å². The molecule has 0 saturated heterocycles. The number of rotatable bonds is 4. The van der Waals surface area contributed by atoms with Crippen LogP contribution in [-0.2, 0) is 18.3 Å². The summed E-state index contributed by atoms with van der Waals surface area (Å²) in [5.74, 6) is 1.95. The number of nitrogens with zero attached hydrogens (tertiary/aromatic N) is 2. The predicted molar refractivity (Wildman–Crippen MR) is 98.2 cm³/mol. The fourth-order valence-electron chi connectivity index (χ4n) is 3.05. The molecule has 3 N–H and O–H groups in total. The Balaban J connectivity index is 1.36. The van der Waals surface area contributed by atoms with Gasteiger partial charge in [-0.05, 0) is 30.3 Å². The van der Waals surface area contributed by atoms with Crippen LogP contribution in [0, 0.1) is 0 Å². The average molecular weight is 352 g/mol. The summed E-state index contributed by atoms with van der Waals surface area (Å²) in [5, 5.41) is 2.89. The highest BCUT2D eigenvalue weighted by molar-refractivity contribution is 5.82. The Hall–Kier alpha value is -3.22. The molecule has 26 heavy (non-hydrogen) atoms. The van der Waals surface area contributed by atoms with E-state index in [2.05, 4.69) is 10.3 Å². The van der Waals surface area contributed by atoms with E-state index in [-0.39, 0.29) is 12.5 Å². The van der Waals surface area contributed by atoms with Crippen molar-refractivity contribution in [1.82, 2.24) is 14.9 Å². The minimum Gasteiger partial charge on any atom is -0.485 e. The number of aromatic nitrogens is 2. The van der Waals surface area contributed by atoms with Gasteiger partial charge >= 0.3 is 0 Å². The number of imidazole rings is 1. The molecule has 1 aromatic heterocycles. The molecule has 1 amide bonds. The summed E-state index contributed by atoms with van der Waals surface area (Å²) in [7, 11) is 1.96. The second-order valence-corrected chi connectivity index (χ2v) is 6.24. The highest BCUT2D eigenvalue weighted by Crippen LogP contribution is 2.30. The number of carbonyl (C=O) groups is 1. The van der Waals surface area contributed by atoms with Crippen LogP contribution in [0.25, 0.3) is 11.0 Å². The Labute approximate surface area is 150 Å². The molecule has 7 heteroatoms. The monoisotopic (exact) mass is 352 g/mol. The van der Waals surface area contributed by atoms with Crippen molar-refractivity contribution in [3.05, 3.63) is 48.3 Å². The van der Waals surface area contributed by atoms with Crippen LogP contribution in [0.3, 0.4) is 0 Å². The molecule has 1 aliphatic rings. The number of benzene rings is 2. The lowest BCUT2D eigenvalue weighted by Gasteiger charge is -2.25. The van der Waals surface area contributed by atoms with Gasteiger partial charge in [-0.15, -0.1) is 0 Å². The first kappa shape index (κ1) is 16.3. The number of nitrogens with one attached hydrogen (secondary N) is 1. The van der Waals surface area contributed by atoms with E-state index in [4.69, 9.17) is 15.2 Å². The van der Waals surface area contributed by atoms with Crippen LogP contribution in [0.15, 0.2) is 42.5 Å². The number of para-hydroxylation sites is 2. The van der Waals surface area contributed by atoms with Crippen LogP contribution in [0.2, 0.25) is 0 Å². The molecular formula is C19H20N4O3. The average Bonchev–Trinajstić information content (AvgIpc) is 2.96. The molecule has 0 aliphatic carbocycles. The highest BCUT2D eigenvalue weighted by Gasteiger charge is 2.26. The largest absolute Gasteiger partial charge is 0.485 e. The molecule has 4 rings (SSSR count). The van der Waals surface area contributed by atoms with Crippen molar-refractivity contribution in [2.45, 2.75) is 12.5 Å². The molecular weight excluding hydrogens is 332 g/mol. The number of nitrogens with two attached hydrogens (primary N) is 1. The first-order valence-electron chi connectivity index (χ1n) is 8.49. The normalized spacial score (nSPS) is 15.8. The van der Waals surface area contributed by atoms with Gasteiger partial charge < -0.3 is 25.1 Å². The van der Waals surface area contributed by atoms with Gasteiger partial charge in [0.25, 0.3) is 5.91 Å². The summed E-state index contributed by atoms with van der Waals surface area (Å²) in [4.78, 5) is 16.9. The fourth-order valence-corrected chi connectivity index (χ4v) is 3.05. The number of anilines is 1. The third-order valence-electron chi connectivity index (χ3n) is 4.45. The Morgan fingerprint density at radius 2 is 2.12 bits per heavy atom. The van der Waals surface area contributed by atoms with Crippen LogP contribution < -0.4 is 20.5 Å². The Morgan fingerprint density at radius 3 is 2.96 bits per heavy atom. The molecule has 1 atom stereocenters. The maximum Gasteiger partial charge on any atom is 0.264 e. The maximum absolute atomic E-state index is 12.3. The minimum atomic E-state index is -0.648. The van der Waals surface area contributed by atoms with E-state index in [0.29, 0.717) is 30.2 Å². The molecule has 134 valence electrons. The van der Waals surface area contributed by atoms with Crippen LogP contribution in [-0.4, -0.2) is 34.7 Å². The molecule has 0 bridgehead atoms. The van der Waals surface area contributed by atoms with Crippen LogP contribution >= 0.6 is 0 Å². The molecule has 0 unspecified atom stereocenters. The minimum absolute atomic E-state index is 0.192. The van der Waals surface area contributed by atoms with Gasteiger partial charge in [-0.1, -0.05) is 12.1 Å². The number of nitrogen functional groups attached to an aromatic ring is 1. The van der Waals surface area contributed by atoms with Gasteiger partial charge in [-0.2, -0.15) is 0 Å². The maximum atomic E-state index is 12.3. The Morgan fingerprint density at radius 1 is 1.31 bits per heavy atom. The Kier molecular flexibility index (Phi) is 4.12. The molecule has 1 aliphatic heterocycles. The predicted octanol–water partition coefficient (Wildman–Crippen LogP) is 1.65. The smallest absolute Gasteiger partial charge is 0.264 e. The number of amides is 1. The zero-order valence-electron chi connectivity index (χ0n) is 14.4. The fraction of sp³-hybridized carbons (Fsp3) is 0.263. The van der Waals surface area contributed by atoms with E-state index in [1.165, 1.54) is 0 Å². The second-order valence-electron chi connectivity index (χ2n) is 6.24. The third-order valence-corrected chi connectivity index (χ3v) is 4.45. The first-order chi connectivity index (χ1) is 12.6. The van der Waals surface area contributed by atoms with Gasteiger partial charge in [-0.25, -0.2) is 4.98 Å². The number of ether oxygens (including phenoxy) is 2. The van der Waals surface area contributed by atoms with Crippen LogP contribution in [0.1, 0.15) is 5.82 Å². The second kappa shape index (κ2) is 6.59. The van der Waals surface area contributed by atoms with Gasteiger partial charge in [-0.3, -0.25) is 4.79 Å². The molecule has 7 nitrogen and oxygen atoms in total. The van der Waals surface area contributed by atoms with Crippen molar-refractivity contribution in [2.24, 2.45) is 7.05 Å². The summed E-state index contributed by atoms with van der Waals surface area (Å²) in [6.45, 7) is 0.668. The highest BCUT2D eigenvalue weighted by atomic mass is 16.6. The molecule has 3 aromatic rings.